The van der Waals surface area contributed by atoms with E-state index in [0.29, 0.717) is 26.2 Å². The van der Waals surface area contributed by atoms with Crippen molar-refractivity contribution >= 4 is 23.4 Å². The number of hydrogen-bond donors (Lipinski definition) is 1. The highest BCUT2D eigenvalue weighted by atomic mass is 32.1. The molecule has 1 aliphatic heterocycles. The van der Waals surface area contributed by atoms with Crippen LogP contribution in [0, 0.1) is 0 Å². The van der Waals surface area contributed by atoms with Gasteiger partial charge in [-0.3, -0.25) is 9.69 Å². The Hall–Kier alpha value is -1.60. The van der Waals surface area contributed by atoms with E-state index in [1.54, 1.807) is 4.90 Å². The fourth-order valence-corrected chi connectivity index (χ4v) is 3.46. The van der Waals surface area contributed by atoms with E-state index >= 15 is 0 Å². The first-order valence-electron chi connectivity index (χ1n) is 7.76. The number of nitrogens with zero attached hydrogens (tertiary/aromatic N) is 2. The van der Waals surface area contributed by atoms with Gasteiger partial charge in [0.1, 0.15) is 11.6 Å². The van der Waals surface area contributed by atoms with Gasteiger partial charge >= 0.3 is 12.1 Å². The minimum atomic E-state index is -0.849. The molecule has 128 valence electrons. The Labute approximate surface area is 140 Å². The second kappa shape index (κ2) is 7.31. The highest BCUT2D eigenvalue weighted by Crippen LogP contribution is 2.26. The maximum atomic E-state index is 12.2. The summed E-state index contributed by atoms with van der Waals surface area (Å²) >= 11 is 1.45. The molecular weight excluding hydrogens is 316 g/mol. The van der Waals surface area contributed by atoms with Gasteiger partial charge in [-0.1, -0.05) is 6.07 Å². The van der Waals surface area contributed by atoms with Gasteiger partial charge in [-0.05, 0) is 38.6 Å². The molecule has 1 fully saturated rings. The van der Waals surface area contributed by atoms with Crippen LogP contribution in [-0.4, -0.2) is 58.7 Å². The van der Waals surface area contributed by atoms with Crippen molar-refractivity contribution < 1.29 is 19.4 Å². The Kier molecular flexibility index (Phi) is 5.64. The number of carboxylic acids is 1. The van der Waals surface area contributed by atoms with E-state index in [1.165, 1.54) is 11.3 Å². The number of hydrogen-bond acceptors (Lipinski definition) is 5. The Morgan fingerprint density at radius 2 is 2.00 bits per heavy atom. The zero-order valence-electron chi connectivity index (χ0n) is 13.8. The van der Waals surface area contributed by atoms with Crippen LogP contribution in [0.5, 0.6) is 0 Å². The summed E-state index contributed by atoms with van der Waals surface area (Å²) in [4.78, 5) is 28.3. The van der Waals surface area contributed by atoms with Crippen molar-refractivity contribution in [1.82, 2.24) is 9.80 Å². The van der Waals surface area contributed by atoms with Crippen LogP contribution in [0.2, 0.25) is 0 Å². The number of thiophene rings is 1. The molecule has 0 unspecified atom stereocenters. The van der Waals surface area contributed by atoms with Gasteiger partial charge in [-0.2, -0.15) is 0 Å². The number of rotatable bonds is 3. The van der Waals surface area contributed by atoms with E-state index in [9.17, 15) is 14.7 Å². The molecule has 6 nitrogen and oxygen atoms in total. The molecule has 1 atom stereocenters. The predicted octanol–water partition coefficient (Wildman–Crippen LogP) is 2.82. The first-order chi connectivity index (χ1) is 10.8. The van der Waals surface area contributed by atoms with Gasteiger partial charge in [-0.15, -0.1) is 11.3 Å². The smallest absolute Gasteiger partial charge is 0.410 e. The number of amides is 1. The number of carbonyl (C=O) groups is 2. The molecular formula is C16H24N2O4S. The highest BCUT2D eigenvalue weighted by Gasteiger charge is 2.31. The van der Waals surface area contributed by atoms with E-state index in [0.717, 1.165) is 11.3 Å². The Bertz CT molecular complexity index is 539. The Morgan fingerprint density at radius 1 is 1.26 bits per heavy atom. The molecule has 0 spiro atoms. The van der Waals surface area contributed by atoms with Gasteiger partial charge in [0.25, 0.3) is 0 Å². The average molecular weight is 340 g/mol. The number of aliphatic carboxylic acids is 1. The van der Waals surface area contributed by atoms with Crippen LogP contribution in [0.4, 0.5) is 4.79 Å². The lowest BCUT2D eigenvalue weighted by atomic mass is 10.2. The fraction of sp³-hybridized carbons (Fsp3) is 0.625. The third-order valence-corrected chi connectivity index (χ3v) is 4.52. The first-order valence-corrected chi connectivity index (χ1v) is 8.64. The van der Waals surface area contributed by atoms with Crippen molar-refractivity contribution in [3.8, 4) is 0 Å². The second-order valence-electron chi connectivity index (χ2n) is 6.61. The van der Waals surface area contributed by atoms with Gasteiger partial charge in [-0.25, -0.2) is 4.79 Å². The largest absolute Gasteiger partial charge is 0.480 e. The molecule has 1 aliphatic rings. The molecule has 7 heteroatoms. The molecule has 0 radical (unpaired) electrons. The van der Waals surface area contributed by atoms with Crippen molar-refractivity contribution in [3.05, 3.63) is 22.4 Å². The summed E-state index contributed by atoms with van der Waals surface area (Å²) in [5, 5.41) is 11.5. The lowest BCUT2D eigenvalue weighted by molar-refractivity contribution is -0.143. The van der Waals surface area contributed by atoms with Crippen LogP contribution >= 0.6 is 11.3 Å². The minimum Gasteiger partial charge on any atom is -0.480 e. The standard InChI is InChI=1S/C16H24N2O4S/c1-16(2,3)22-15(21)18-8-5-7-17(9-10-18)13(14(19)20)12-6-4-11-23-12/h4,6,11,13H,5,7-10H2,1-3H3,(H,19,20)/t13-/m0/s1. The minimum absolute atomic E-state index is 0.331. The molecule has 0 bridgehead atoms. The highest BCUT2D eigenvalue weighted by molar-refractivity contribution is 7.10. The van der Waals surface area contributed by atoms with Gasteiger partial charge in [0.2, 0.25) is 0 Å². The summed E-state index contributed by atoms with van der Waals surface area (Å²) in [5.41, 5.74) is -0.524. The topological polar surface area (TPSA) is 70.1 Å². The molecule has 1 aromatic rings. The van der Waals surface area contributed by atoms with Crippen LogP contribution in [0.25, 0.3) is 0 Å². The van der Waals surface area contributed by atoms with Crippen molar-refractivity contribution in [2.24, 2.45) is 0 Å². The van der Waals surface area contributed by atoms with Crippen molar-refractivity contribution in [1.29, 1.82) is 0 Å². The van der Waals surface area contributed by atoms with E-state index in [4.69, 9.17) is 4.74 Å². The molecule has 1 N–H and O–H groups in total. The molecule has 0 aliphatic carbocycles. The van der Waals surface area contributed by atoms with E-state index in [1.807, 2.05) is 43.2 Å². The lowest BCUT2D eigenvalue weighted by Crippen LogP contribution is -2.40. The molecule has 1 amide bonds. The maximum absolute atomic E-state index is 12.2. The van der Waals surface area contributed by atoms with Gasteiger partial charge in [0.05, 0.1) is 0 Å². The summed E-state index contributed by atoms with van der Waals surface area (Å²) in [6.07, 6.45) is 0.399. The van der Waals surface area contributed by atoms with Gasteiger partial charge < -0.3 is 14.7 Å². The van der Waals surface area contributed by atoms with Crippen LogP contribution in [-0.2, 0) is 9.53 Å². The average Bonchev–Trinajstić information content (AvgIpc) is 2.81. The van der Waals surface area contributed by atoms with E-state index < -0.39 is 17.6 Å². The molecule has 0 aromatic carbocycles. The predicted molar refractivity (Wildman–Crippen MR) is 88.7 cm³/mol. The summed E-state index contributed by atoms with van der Waals surface area (Å²) in [6.45, 7) is 7.75. The Balaban J connectivity index is 2.02. The fourth-order valence-electron chi connectivity index (χ4n) is 2.61. The van der Waals surface area contributed by atoms with Crippen molar-refractivity contribution in [3.63, 3.8) is 0 Å². The van der Waals surface area contributed by atoms with Crippen LogP contribution < -0.4 is 0 Å². The van der Waals surface area contributed by atoms with Crippen LogP contribution in [0.3, 0.4) is 0 Å². The monoisotopic (exact) mass is 340 g/mol. The molecule has 0 saturated carbocycles. The first kappa shape index (κ1) is 17.7. The van der Waals surface area contributed by atoms with Gasteiger partial charge in [0.15, 0.2) is 0 Å². The molecule has 1 aromatic heterocycles. The molecule has 23 heavy (non-hydrogen) atoms. The summed E-state index contributed by atoms with van der Waals surface area (Å²) in [7, 11) is 0. The Morgan fingerprint density at radius 3 is 2.57 bits per heavy atom. The molecule has 1 saturated heterocycles. The van der Waals surface area contributed by atoms with E-state index in [2.05, 4.69) is 0 Å². The molecule has 2 rings (SSSR count). The quantitative estimate of drug-likeness (QED) is 0.916. The third-order valence-electron chi connectivity index (χ3n) is 3.59. The second-order valence-corrected chi connectivity index (χ2v) is 7.59. The third kappa shape index (κ3) is 4.94. The maximum Gasteiger partial charge on any atom is 0.410 e. The van der Waals surface area contributed by atoms with Crippen molar-refractivity contribution in [2.75, 3.05) is 26.2 Å². The SMILES string of the molecule is CC(C)(C)OC(=O)N1CCCN([C@H](C(=O)O)c2cccs2)CC1. The lowest BCUT2D eigenvalue weighted by Gasteiger charge is -2.28. The number of carbonyl (C=O) groups excluding carboxylic acids is 1. The van der Waals surface area contributed by atoms with Gasteiger partial charge in [0, 0.05) is 31.1 Å². The number of carboxylic acid groups (broad SMARTS) is 1. The van der Waals surface area contributed by atoms with Crippen molar-refractivity contribution in [2.45, 2.75) is 38.8 Å². The summed E-state index contributed by atoms with van der Waals surface area (Å²) < 4.78 is 5.40. The summed E-state index contributed by atoms with van der Waals surface area (Å²) in [5.74, 6) is -0.849. The zero-order chi connectivity index (χ0) is 17.0. The summed E-state index contributed by atoms with van der Waals surface area (Å²) in [6, 6.07) is 3.06. The molecule has 2 heterocycles. The van der Waals surface area contributed by atoms with Crippen LogP contribution in [0.1, 0.15) is 38.1 Å². The zero-order valence-corrected chi connectivity index (χ0v) is 14.6. The normalized spacial score (nSPS) is 18.3. The van der Waals surface area contributed by atoms with Crippen LogP contribution in [0.15, 0.2) is 17.5 Å². The van der Waals surface area contributed by atoms with E-state index in [-0.39, 0.29) is 6.09 Å². The number of ether oxygens (including phenoxy) is 1.